The molecule has 2 heterocycles. The molecule has 0 spiro atoms. The van der Waals surface area contributed by atoms with Crippen molar-refractivity contribution in [1.82, 2.24) is 9.13 Å². The standard InChI is InChI=1S/C36H28N2/c1-4-30-25(3)37(29-14-10-11-24(2)21-29)36-23-27(17-19-32(30)36)26-18-20-35-33(22-26)31-15-8-9-16-34(31)38(35)28-12-6-5-7-13-28/h4-23H,1H2,2-3H3. The molecular formula is C36H28N2. The third-order valence-corrected chi connectivity index (χ3v) is 7.74. The van der Waals surface area contributed by atoms with Gasteiger partial charge in [0.1, 0.15) is 0 Å². The van der Waals surface area contributed by atoms with Gasteiger partial charge in [-0.15, -0.1) is 0 Å². The minimum absolute atomic E-state index is 1.18. The quantitative estimate of drug-likeness (QED) is 0.233. The van der Waals surface area contributed by atoms with Crippen molar-refractivity contribution in [2.24, 2.45) is 0 Å². The molecule has 7 aromatic rings. The van der Waals surface area contributed by atoms with E-state index in [1.807, 2.05) is 6.08 Å². The maximum Gasteiger partial charge on any atom is 0.0543 e. The summed E-state index contributed by atoms with van der Waals surface area (Å²) in [6, 6.07) is 41.7. The molecule has 0 fully saturated rings. The van der Waals surface area contributed by atoms with E-state index < -0.39 is 0 Å². The SMILES string of the molecule is C=Cc1c(C)n(-c2cccc(C)c2)c2cc(-c3ccc4c(c3)c3ccccc3n4-c3ccccc3)ccc12. The fourth-order valence-electron chi connectivity index (χ4n) is 5.99. The summed E-state index contributed by atoms with van der Waals surface area (Å²) >= 11 is 0. The van der Waals surface area contributed by atoms with Crippen molar-refractivity contribution in [3.05, 3.63) is 139 Å². The van der Waals surface area contributed by atoms with Gasteiger partial charge < -0.3 is 9.13 Å². The molecule has 2 aromatic heterocycles. The van der Waals surface area contributed by atoms with Crippen molar-refractivity contribution in [3.8, 4) is 22.5 Å². The number of rotatable bonds is 4. The molecule has 0 unspecified atom stereocenters. The summed E-state index contributed by atoms with van der Waals surface area (Å²) < 4.78 is 4.73. The molecule has 0 amide bonds. The molecule has 182 valence electrons. The Labute approximate surface area is 222 Å². The number of hydrogen-bond donors (Lipinski definition) is 0. The van der Waals surface area contributed by atoms with Crippen molar-refractivity contribution >= 4 is 38.8 Å². The van der Waals surface area contributed by atoms with Crippen LogP contribution in [0.5, 0.6) is 0 Å². The van der Waals surface area contributed by atoms with Crippen LogP contribution in [-0.2, 0) is 0 Å². The Kier molecular flexibility index (Phi) is 5.09. The summed E-state index contributed by atoms with van der Waals surface area (Å²) in [6.07, 6.45) is 1.98. The van der Waals surface area contributed by atoms with E-state index in [0.29, 0.717) is 0 Å². The molecule has 0 aliphatic heterocycles. The second kappa shape index (κ2) is 8.64. The lowest BCUT2D eigenvalue weighted by atomic mass is 10.0. The van der Waals surface area contributed by atoms with Gasteiger partial charge in [-0.3, -0.25) is 0 Å². The number of para-hydroxylation sites is 2. The average Bonchev–Trinajstić information content (AvgIpc) is 3.43. The van der Waals surface area contributed by atoms with Crippen molar-refractivity contribution in [1.29, 1.82) is 0 Å². The summed E-state index contributed by atoms with van der Waals surface area (Å²) in [5.41, 5.74) is 12.1. The maximum atomic E-state index is 4.12. The van der Waals surface area contributed by atoms with Gasteiger partial charge in [-0.1, -0.05) is 79.4 Å². The van der Waals surface area contributed by atoms with Crippen LogP contribution in [-0.4, -0.2) is 9.13 Å². The van der Waals surface area contributed by atoms with Crippen LogP contribution in [0.15, 0.2) is 122 Å². The highest BCUT2D eigenvalue weighted by atomic mass is 15.0. The largest absolute Gasteiger partial charge is 0.313 e. The van der Waals surface area contributed by atoms with Crippen LogP contribution in [0.2, 0.25) is 0 Å². The fourth-order valence-corrected chi connectivity index (χ4v) is 5.99. The van der Waals surface area contributed by atoms with Crippen LogP contribution in [0.3, 0.4) is 0 Å². The average molecular weight is 489 g/mol. The monoisotopic (exact) mass is 488 g/mol. The van der Waals surface area contributed by atoms with Crippen LogP contribution in [0.25, 0.3) is 61.3 Å². The molecular weight excluding hydrogens is 460 g/mol. The molecule has 0 saturated carbocycles. The van der Waals surface area contributed by atoms with Gasteiger partial charge >= 0.3 is 0 Å². The molecule has 0 bridgehead atoms. The lowest BCUT2D eigenvalue weighted by Crippen LogP contribution is -1.97. The Hall–Kier alpha value is -4.82. The van der Waals surface area contributed by atoms with Crippen LogP contribution < -0.4 is 0 Å². The first-order chi connectivity index (χ1) is 18.6. The van der Waals surface area contributed by atoms with Crippen LogP contribution in [0, 0.1) is 13.8 Å². The highest BCUT2D eigenvalue weighted by Crippen LogP contribution is 2.37. The second-order valence-electron chi connectivity index (χ2n) is 10.0. The molecule has 0 aliphatic carbocycles. The van der Waals surface area contributed by atoms with E-state index in [4.69, 9.17) is 0 Å². The smallest absolute Gasteiger partial charge is 0.0543 e. The molecule has 7 rings (SSSR count). The van der Waals surface area contributed by atoms with Crippen LogP contribution in [0.4, 0.5) is 0 Å². The lowest BCUT2D eigenvalue weighted by Gasteiger charge is -2.11. The van der Waals surface area contributed by atoms with Gasteiger partial charge in [-0.25, -0.2) is 0 Å². The van der Waals surface area contributed by atoms with Gasteiger partial charge in [0.25, 0.3) is 0 Å². The van der Waals surface area contributed by atoms with E-state index in [1.54, 1.807) is 0 Å². The minimum atomic E-state index is 1.18. The van der Waals surface area contributed by atoms with Crippen LogP contribution in [0.1, 0.15) is 16.8 Å². The first kappa shape index (κ1) is 22.4. The van der Waals surface area contributed by atoms with E-state index in [1.165, 1.54) is 72.0 Å². The Balaban J connectivity index is 1.47. The Morgan fingerprint density at radius 2 is 1.24 bits per heavy atom. The second-order valence-corrected chi connectivity index (χ2v) is 10.0. The number of benzene rings is 5. The number of nitrogens with zero attached hydrogens (tertiary/aromatic N) is 2. The van der Waals surface area contributed by atoms with E-state index in [0.717, 1.165) is 0 Å². The zero-order valence-corrected chi connectivity index (χ0v) is 21.6. The maximum absolute atomic E-state index is 4.12. The lowest BCUT2D eigenvalue weighted by molar-refractivity contribution is 1.05. The normalized spacial score (nSPS) is 11.5. The number of aryl methyl sites for hydroxylation is 1. The molecule has 2 heteroatoms. The number of hydrogen-bond acceptors (Lipinski definition) is 0. The summed E-state index contributed by atoms with van der Waals surface area (Å²) in [5, 5.41) is 3.76. The Bertz CT molecular complexity index is 2000. The highest BCUT2D eigenvalue weighted by molar-refractivity contribution is 6.10. The summed E-state index contributed by atoms with van der Waals surface area (Å²) in [6.45, 7) is 8.45. The molecule has 5 aromatic carbocycles. The van der Waals surface area contributed by atoms with Gasteiger partial charge in [0.2, 0.25) is 0 Å². The van der Waals surface area contributed by atoms with E-state index in [-0.39, 0.29) is 0 Å². The molecule has 2 nitrogen and oxygen atoms in total. The minimum Gasteiger partial charge on any atom is -0.313 e. The van der Waals surface area contributed by atoms with Gasteiger partial charge in [0.05, 0.1) is 16.6 Å². The number of fused-ring (bicyclic) bond motifs is 4. The van der Waals surface area contributed by atoms with Gasteiger partial charge in [-0.2, -0.15) is 0 Å². The molecule has 0 aliphatic rings. The first-order valence-corrected chi connectivity index (χ1v) is 13.1. The predicted molar refractivity (Wildman–Crippen MR) is 163 cm³/mol. The van der Waals surface area contributed by atoms with Gasteiger partial charge in [0, 0.05) is 38.8 Å². The van der Waals surface area contributed by atoms with Crippen molar-refractivity contribution < 1.29 is 0 Å². The zero-order valence-electron chi connectivity index (χ0n) is 21.6. The Morgan fingerprint density at radius 1 is 0.526 bits per heavy atom. The summed E-state index contributed by atoms with van der Waals surface area (Å²) in [7, 11) is 0. The third-order valence-electron chi connectivity index (χ3n) is 7.74. The van der Waals surface area contributed by atoms with Crippen LogP contribution >= 0.6 is 0 Å². The van der Waals surface area contributed by atoms with Crippen molar-refractivity contribution in [2.45, 2.75) is 13.8 Å². The van der Waals surface area contributed by atoms with Crippen molar-refractivity contribution in [3.63, 3.8) is 0 Å². The molecule has 38 heavy (non-hydrogen) atoms. The molecule has 0 saturated heterocycles. The molecule has 0 N–H and O–H groups in total. The zero-order chi connectivity index (χ0) is 25.8. The topological polar surface area (TPSA) is 9.86 Å². The number of aromatic nitrogens is 2. The van der Waals surface area contributed by atoms with Gasteiger partial charge in [-0.05, 0) is 79.1 Å². The van der Waals surface area contributed by atoms with Gasteiger partial charge in [0.15, 0.2) is 0 Å². The highest BCUT2D eigenvalue weighted by Gasteiger charge is 2.16. The summed E-state index contributed by atoms with van der Waals surface area (Å²) in [5.74, 6) is 0. The summed E-state index contributed by atoms with van der Waals surface area (Å²) in [4.78, 5) is 0. The van der Waals surface area contributed by atoms with E-state index in [9.17, 15) is 0 Å². The van der Waals surface area contributed by atoms with E-state index in [2.05, 4.69) is 145 Å². The third kappa shape index (κ3) is 3.34. The molecule has 0 radical (unpaired) electrons. The predicted octanol–water partition coefficient (Wildman–Crippen LogP) is 9.65. The van der Waals surface area contributed by atoms with Crippen molar-refractivity contribution in [2.75, 3.05) is 0 Å². The fraction of sp³-hybridized carbons (Fsp3) is 0.0556. The van der Waals surface area contributed by atoms with E-state index >= 15 is 0 Å². The molecule has 0 atom stereocenters. The Morgan fingerprint density at radius 3 is 2.05 bits per heavy atom. The first-order valence-electron chi connectivity index (χ1n) is 13.1.